The van der Waals surface area contributed by atoms with Gasteiger partial charge in [0.25, 0.3) is 0 Å². The van der Waals surface area contributed by atoms with Crippen LogP contribution in [0, 0.1) is 5.41 Å². The smallest absolute Gasteiger partial charge is 0.348 e. The molecule has 0 aliphatic carbocycles. The third kappa shape index (κ3) is 3.84. The van der Waals surface area contributed by atoms with E-state index in [1.807, 2.05) is 7.05 Å². The highest BCUT2D eigenvalue weighted by Gasteiger charge is 2.50. The van der Waals surface area contributed by atoms with Gasteiger partial charge in [0.05, 0.1) is 0 Å². The SMILES string of the molecule is C=CC(=O)OC(C)(C(=O)O)C(C)(C)CCCNC. The first kappa shape index (κ1) is 16.6. The van der Waals surface area contributed by atoms with Crippen molar-refractivity contribution in [3.63, 3.8) is 0 Å². The van der Waals surface area contributed by atoms with Gasteiger partial charge < -0.3 is 15.2 Å². The average Bonchev–Trinajstić information content (AvgIpc) is 2.28. The molecule has 18 heavy (non-hydrogen) atoms. The molecule has 0 saturated heterocycles. The number of rotatable bonds is 8. The Bertz CT molecular complexity index is 325. The number of ether oxygens (including phenoxy) is 1. The predicted octanol–water partition coefficient (Wildman–Crippen LogP) is 1.58. The molecule has 1 atom stereocenters. The zero-order chi connectivity index (χ0) is 14.4. The van der Waals surface area contributed by atoms with Gasteiger partial charge in [0.1, 0.15) is 0 Å². The number of aliphatic carboxylic acids is 1. The van der Waals surface area contributed by atoms with Crippen LogP contribution in [-0.4, -0.2) is 36.2 Å². The van der Waals surface area contributed by atoms with Crippen LogP contribution in [0.15, 0.2) is 12.7 Å². The Kier molecular flexibility index (Phi) is 6.05. The Morgan fingerprint density at radius 2 is 1.94 bits per heavy atom. The van der Waals surface area contributed by atoms with Crippen LogP contribution >= 0.6 is 0 Å². The summed E-state index contributed by atoms with van der Waals surface area (Å²) in [5.41, 5.74) is -2.24. The number of hydrogen-bond acceptors (Lipinski definition) is 4. The minimum Gasteiger partial charge on any atom is -0.478 e. The Labute approximate surface area is 108 Å². The van der Waals surface area contributed by atoms with Crippen LogP contribution in [-0.2, 0) is 14.3 Å². The fourth-order valence-corrected chi connectivity index (χ4v) is 1.66. The summed E-state index contributed by atoms with van der Waals surface area (Å²) in [4.78, 5) is 22.7. The summed E-state index contributed by atoms with van der Waals surface area (Å²) in [6, 6.07) is 0. The second-order valence-electron chi connectivity index (χ2n) is 5.05. The lowest BCUT2D eigenvalue weighted by Gasteiger charge is -2.39. The summed E-state index contributed by atoms with van der Waals surface area (Å²) in [6.45, 7) is 9.07. The van der Waals surface area contributed by atoms with E-state index in [9.17, 15) is 14.7 Å². The number of carbonyl (C=O) groups excluding carboxylic acids is 1. The van der Waals surface area contributed by atoms with E-state index in [1.54, 1.807) is 13.8 Å². The fourth-order valence-electron chi connectivity index (χ4n) is 1.66. The zero-order valence-corrected chi connectivity index (χ0v) is 11.6. The van der Waals surface area contributed by atoms with Gasteiger partial charge in [-0.2, -0.15) is 0 Å². The van der Waals surface area contributed by atoms with Crippen molar-refractivity contribution in [2.24, 2.45) is 5.41 Å². The summed E-state index contributed by atoms with van der Waals surface area (Å²) in [5.74, 6) is -1.87. The number of carboxylic acids is 1. The summed E-state index contributed by atoms with van der Waals surface area (Å²) in [5, 5.41) is 12.3. The van der Waals surface area contributed by atoms with E-state index in [4.69, 9.17) is 4.74 Å². The summed E-state index contributed by atoms with van der Waals surface area (Å²) >= 11 is 0. The first-order valence-electron chi connectivity index (χ1n) is 5.94. The van der Waals surface area contributed by atoms with Gasteiger partial charge in [0, 0.05) is 11.5 Å². The maximum atomic E-state index is 11.4. The molecule has 0 fully saturated rings. The van der Waals surface area contributed by atoms with Crippen LogP contribution in [0.4, 0.5) is 0 Å². The van der Waals surface area contributed by atoms with Gasteiger partial charge in [-0.3, -0.25) is 0 Å². The van der Waals surface area contributed by atoms with Crippen LogP contribution < -0.4 is 5.32 Å². The van der Waals surface area contributed by atoms with Crippen LogP contribution in [0.1, 0.15) is 33.6 Å². The quantitative estimate of drug-likeness (QED) is 0.392. The van der Waals surface area contributed by atoms with Crippen molar-refractivity contribution >= 4 is 11.9 Å². The molecule has 0 saturated carbocycles. The molecule has 2 N–H and O–H groups in total. The van der Waals surface area contributed by atoms with Crippen molar-refractivity contribution in [2.75, 3.05) is 13.6 Å². The number of nitrogens with one attached hydrogen (secondary N) is 1. The Hall–Kier alpha value is -1.36. The van der Waals surface area contributed by atoms with Crippen LogP contribution in [0.3, 0.4) is 0 Å². The number of hydrogen-bond donors (Lipinski definition) is 2. The monoisotopic (exact) mass is 257 g/mol. The van der Waals surface area contributed by atoms with E-state index in [0.29, 0.717) is 6.42 Å². The third-order valence-corrected chi connectivity index (χ3v) is 3.40. The predicted molar refractivity (Wildman–Crippen MR) is 69.3 cm³/mol. The summed E-state index contributed by atoms with van der Waals surface area (Å²) in [6.07, 6.45) is 2.41. The Morgan fingerprint density at radius 3 is 2.33 bits per heavy atom. The average molecular weight is 257 g/mol. The van der Waals surface area contributed by atoms with E-state index in [1.165, 1.54) is 6.92 Å². The van der Waals surface area contributed by atoms with E-state index in [2.05, 4.69) is 11.9 Å². The van der Waals surface area contributed by atoms with Crippen molar-refractivity contribution in [2.45, 2.75) is 39.2 Å². The lowest BCUT2D eigenvalue weighted by Crippen LogP contribution is -2.52. The van der Waals surface area contributed by atoms with Crippen molar-refractivity contribution in [1.29, 1.82) is 0 Å². The molecule has 5 heteroatoms. The van der Waals surface area contributed by atoms with Gasteiger partial charge in [-0.15, -0.1) is 0 Å². The highest BCUT2D eigenvalue weighted by Crippen LogP contribution is 2.38. The van der Waals surface area contributed by atoms with Gasteiger partial charge in [-0.05, 0) is 33.4 Å². The van der Waals surface area contributed by atoms with Crippen molar-refractivity contribution in [1.82, 2.24) is 5.32 Å². The standard InChI is InChI=1S/C13H23NO4/c1-6-10(15)18-13(4,11(16)17)12(2,3)8-7-9-14-5/h6,14H,1,7-9H2,2-5H3,(H,16,17). The first-order valence-corrected chi connectivity index (χ1v) is 5.94. The highest BCUT2D eigenvalue weighted by atomic mass is 16.6. The topological polar surface area (TPSA) is 75.6 Å². The summed E-state index contributed by atoms with van der Waals surface area (Å²) in [7, 11) is 1.83. The molecule has 0 radical (unpaired) electrons. The van der Waals surface area contributed by atoms with Crippen molar-refractivity contribution in [3.8, 4) is 0 Å². The highest BCUT2D eigenvalue weighted by molar-refractivity contribution is 5.87. The molecule has 0 heterocycles. The largest absolute Gasteiger partial charge is 0.478 e. The van der Waals surface area contributed by atoms with Crippen LogP contribution in [0.5, 0.6) is 0 Å². The number of carbonyl (C=O) groups is 2. The molecular formula is C13H23NO4. The molecule has 5 nitrogen and oxygen atoms in total. The third-order valence-electron chi connectivity index (χ3n) is 3.40. The zero-order valence-electron chi connectivity index (χ0n) is 11.6. The van der Waals surface area contributed by atoms with Crippen LogP contribution in [0.25, 0.3) is 0 Å². The van der Waals surface area contributed by atoms with E-state index < -0.39 is 23.0 Å². The molecule has 0 spiro atoms. The van der Waals surface area contributed by atoms with E-state index in [0.717, 1.165) is 19.0 Å². The second kappa shape index (κ2) is 6.54. The molecular weight excluding hydrogens is 234 g/mol. The molecule has 0 aromatic carbocycles. The van der Waals surface area contributed by atoms with Gasteiger partial charge >= 0.3 is 11.9 Å². The van der Waals surface area contributed by atoms with Crippen molar-refractivity contribution < 1.29 is 19.4 Å². The van der Waals surface area contributed by atoms with Crippen molar-refractivity contribution in [3.05, 3.63) is 12.7 Å². The molecule has 0 aromatic heterocycles. The molecule has 0 aromatic rings. The van der Waals surface area contributed by atoms with E-state index >= 15 is 0 Å². The molecule has 0 aliphatic heterocycles. The summed E-state index contributed by atoms with van der Waals surface area (Å²) < 4.78 is 5.07. The maximum absolute atomic E-state index is 11.4. The molecule has 104 valence electrons. The lowest BCUT2D eigenvalue weighted by molar-refractivity contribution is -0.188. The molecule has 0 bridgehead atoms. The van der Waals surface area contributed by atoms with Crippen LogP contribution in [0.2, 0.25) is 0 Å². The fraction of sp³-hybridized carbons (Fsp3) is 0.692. The van der Waals surface area contributed by atoms with Gasteiger partial charge in [-0.1, -0.05) is 20.4 Å². The maximum Gasteiger partial charge on any atom is 0.348 e. The number of carboxylic acid groups (broad SMARTS) is 1. The first-order chi connectivity index (χ1) is 8.21. The Morgan fingerprint density at radius 1 is 1.39 bits per heavy atom. The Balaban J connectivity index is 5.00. The van der Waals surface area contributed by atoms with E-state index in [-0.39, 0.29) is 0 Å². The normalized spacial score (nSPS) is 14.7. The second-order valence-corrected chi connectivity index (χ2v) is 5.05. The minimum absolute atomic E-state index is 0.626. The van der Waals surface area contributed by atoms with Gasteiger partial charge in [0.2, 0.25) is 5.60 Å². The minimum atomic E-state index is -1.56. The number of esters is 1. The molecule has 0 aliphatic rings. The van der Waals surface area contributed by atoms with Gasteiger partial charge in [-0.25, -0.2) is 9.59 Å². The van der Waals surface area contributed by atoms with Gasteiger partial charge in [0.15, 0.2) is 0 Å². The molecule has 1 unspecified atom stereocenters. The molecule has 0 amide bonds. The molecule has 0 rings (SSSR count). The lowest BCUT2D eigenvalue weighted by atomic mass is 9.72.